The lowest BCUT2D eigenvalue weighted by atomic mass is 9.95. The SMILES string of the molecule is O=C(NC1CCCCC1)c1ccc(Cl)nc1N1CCc2ccccc2C1. The molecule has 136 valence electrons. The Hall–Kier alpha value is -2.07. The third-order valence-corrected chi connectivity index (χ3v) is 5.67. The van der Waals surface area contributed by atoms with E-state index in [2.05, 4.69) is 39.5 Å². The van der Waals surface area contributed by atoms with Crippen molar-refractivity contribution in [2.45, 2.75) is 51.1 Å². The fraction of sp³-hybridized carbons (Fsp3) is 0.429. The van der Waals surface area contributed by atoms with E-state index in [1.807, 2.05) is 6.07 Å². The van der Waals surface area contributed by atoms with Gasteiger partial charge in [0.2, 0.25) is 0 Å². The number of anilines is 1. The average molecular weight is 370 g/mol. The molecule has 5 heteroatoms. The first-order valence-corrected chi connectivity index (χ1v) is 9.87. The Morgan fingerprint density at radius 3 is 2.65 bits per heavy atom. The third kappa shape index (κ3) is 3.70. The molecule has 1 saturated carbocycles. The van der Waals surface area contributed by atoms with E-state index in [1.54, 1.807) is 6.07 Å². The van der Waals surface area contributed by atoms with Crippen molar-refractivity contribution in [2.24, 2.45) is 0 Å². The Balaban J connectivity index is 1.58. The van der Waals surface area contributed by atoms with Crippen molar-refractivity contribution in [1.82, 2.24) is 10.3 Å². The Labute approximate surface area is 159 Å². The maximum absolute atomic E-state index is 12.9. The largest absolute Gasteiger partial charge is 0.351 e. The Bertz CT molecular complexity index is 802. The van der Waals surface area contributed by atoms with Gasteiger partial charge in [0.05, 0.1) is 5.56 Å². The normalized spacial score (nSPS) is 17.7. The van der Waals surface area contributed by atoms with Crippen LogP contribution >= 0.6 is 11.6 Å². The van der Waals surface area contributed by atoms with E-state index < -0.39 is 0 Å². The topological polar surface area (TPSA) is 45.2 Å². The van der Waals surface area contributed by atoms with Crippen LogP contribution in [0.3, 0.4) is 0 Å². The molecular formula is C21H24ClN3O. The molecule has 0 saturated heterocycles. The van der Waals surface area contributed by atoms with E-state index in [4.69, 9.17) is 11.6 Å². The van der Waals surface area contributed by atoms with Crippen LogP contribution in [0.15, 0.2) is 36.4 Å². The van der Waals surface area contributed by atoms with Crippen molar-refractivity contribution in [3.8, 4) is 0 Å². The van der Waals surface area contributed by atoms with Gasteiger partial charge in [0.1, 0.15) is 11.0 Å². The summed E-state index contributed by atoms with van der Waals surface area (Å²) < 4.78 is 0. The van der Waals surface area contributed by atoms with Crippen molar-refractivity contribution < 1.29 is 4.79 Å². The van der Waals surface area contributed by atoms with Crippen molar-refractivity contribution in [2.75, 3.05) is 11.4 Å². The van der Waals surface area contributed by atoms with E-state index in [9.17, 15) is 4.79 Å². The third-order valence-electron chi connectivity index (χ3n) is 5.46. The smallest absolute Gasteiger partial charge is 0.255 e. The number of amides is 1. The molecule has 1 amide bonds. The molecule has 26 heavy (non-hydrogen) atoms. The second-order valence-corrected chi connectivity index (χ2v) is 7.64. The van der Waals surface area contributed by atoms with E-state index in [0.717, 1.165) is 32.4 Å². The lowest BCUT2D eigenvalue weighted by Crippen LogP contribution is -2.38. The first-order chi connectivity index (χ1) is 12.7. The number of nitrogens with zero attached hydrogens (tertiary/aromatic N) is 2. The lowest BCUT2D eigenvalue weighted by Gasteiger charge is -2.31. The number of nitrogens with one attached hydrogen (secondary N) is 1. The summed E-state index contributed by atoms with van der Waals surface area (Å²) >= 11 is 6.16. The molecule has 4 rings (SSSR count). The molecule has 0 bridgehead atoms. The number of fused-ring (bicyclic) bond motifs is 1. The summed E-state index contributed by atoms with van der Waals surface area (Å²) in [4.78, 5) is 19.6. The molecule has 0 spiro atoms. The van der Waals surface area contributed by atoms with Crippen LogP contribution in [0.2, 0.25) is 5.15 Å². The fourth-order valence-electron chi connectivity index (χ4n) is 4.03. The van der Waals surface area contributed by atoms with Crippen LogP contribution in [0.4, 0.5) is 5.82 Å². The molecule has 0 unspecified atom stereocenters. The quantitative estimate of drug-likeness (QED) is 0.817. The van der Waals surface area contributed by atoms with Gasteiger partial charge in [-0.1, -0.05) is 55.1 Å². The second kappa shape index (κ2) is 7.67. The van der Waals surface area contributed by atoms with Gasteiger partial charge in [-0.3, -0.25) is 4.79 Å². The van der Waals surface area contributed by atoms with Crippen molar-refractivity contribution >= 4 is 23.3 Å². The maximum atomic E-state index is 12.9. The number of pyridine rings is 1. The van der Waals surface area contributed by atoms with Crippen molar-refractivity contribution in [3.05, 3.63) is 58.2 Å². The van der Waals surface area contributed by atoms with Crippen LogP contribution in [0.1, 0.15) is 53.6 Å². The van der Waals surface area contributed by atoms with Crippen molar-refractivity contribution in [1.29, 1.82) is 0 Å². The maximum Gasteiger partial charge on any atom is 0.255 e. The molecular weight excluding hydrogens is 346 g/mol. The molecule has 0 radical (unpaired) electrons. The van der Waals surface area contributed by atoms with Crippen LogP contribution in [0.25, 0.3) is 0 Å². The minimum atomic E-state index is -0.0325. The summed E-state index contributed by atoms with van der Waals surface area (Å²) in [5, 5.41) is 3.63. The molecule has 1 N–H and O–H groups in total. The van der Waals surface area contributed by atoms with E-state index in [1.165, 1.54) is 30.4 Å². The Morgan fingerprint density at radius 1 is 1.08 bits per heavy atom. The van der Waals surface area contributed by atoms with Crippen LogP contribution in [-0.2, 0) is 13.0 Å². The molecule has 1 aromatic heterocycles. The van der Waals surface area contributed by atoms with Crippen LogP contribution in [0.5, 0.6) is 0 Å². The van der Waals surface area contributed by atoms with E-state index >= 15 is 0 Å². The lowest BCUT2D eigenvalue weighted by molar-refractivity contribution is 0.0928. The monoisotopic (exact) mass is 369 g/mol. The highest BCUT2D eigenvalue weighted by Crippen LogP contribution is 2.28. The fourth-order valence-corrected chi connectivity index (χ4v) is 4.17. The summed E-state index contributed by atoms with van der Waals surface area (Å²) in [5.41, 5.74) is 3.29. The second-order valence-electron chi connectivity index (χ2n) is 7.25. The number of halogens is 1. The minimum Gasteiger partial charge on any atom is -0.351 e. The van der Waals surface area contributed by atoms with Crippen LogP contribution in [-0.4, -0.2) is 23.5 Å². The van der Waals surface area contributed by atoms with Gasteiger partial charge in [0.15, 0.2) is 0 Å². The summed E-state index contributed by atoms with van der Waals surface area (Å²) in [6.45, 7) is 1.60. The number of benzene rings is 1. The molecule has 4 nitrogen and oxygen atoms in total. The number of carbonyl (C=O) groups is 1. The first-order valence-electron chi connectivity index (χ1n) is 9.50. The number of aromatic nitrogens is 1. The van der Waals surface area contributed by atoms with Gasteiger partial charge in [-0.15, -0.1) is 0 Å². The van der Waals surface area contributed by atoms with Gasteiger partial charge in [-0.05, 0) is 42.5 Å². The van der Waals surface area contributed by atoms with Gasteiger partial charge in [0, 0.05) is 19.1 Å². The van der Waals surface area contributed by atoms with Gasteiger partial charge in [-0.25, -0.2) is 4.98 Å². The molecule has 2 aromatic rings. The van der Waals surface area contributed by atoms with Crippen LogP contribution in [0, 0.1) is 0 Å². The molecule has 1 fully saturated rings. The summed E-state index contributed by atoms with van der Waals surface area (Å²) in [6.07, 6.45) is 6.75. The summed E-state index contributed by atoms with van der Waals surface area (Å²) in [7, 11) is 0. The summed E-state index contributed by atoms with van der Waals surface area (Å²) in [5.74, 6) is 0.662. The average Bonchev–Trinajstić information content (AvgIpc) is 2.68. The summed E-state index contributed by atoms with van der Waals surface area (Å²) in [6, 6.07) is 12.3. The minimum absolute atomic E-state index is 0.0325. The number of hydrogen-bond acceptors (Lipinski definition) is 3. The zero-order chi connectivity index (χ0) is 17.9. The molecule has 0 atom stereocenters. The molecule has 1 aliphatic heterocycles. The van der Waals surface area contributed by atoms with Gasteiger partial charge in [0.25, 0.3) is 5.91 Å². The molecule has 1 aromatic carbocycles. The number of rotatable bonds is 3. The zero-order valence-corrected chi connectivity index (χ0v) is 15.6. The highest BCUT2D eigenvalue weighted by atomic mass is 35.5. The highest BCUT2D eigenvalue weighted by Gasteiger charge is 2.24. The van der Waals surface area contributed by atoms with E-state index in [-0.39, 0.29) is 11.9 Å². The van der Waals surface area contributed by atoms with Gasteiger partial charge >= 0.3 is 0 Å². The van der Waals surface area contributed by atoms with Gasteiger partial charge < -0.3 is 10.2 Å². The van der Waals surface area contributed by atoms with Crippen molar-refractivity contribution in [3.63, 3.8) is 0 Å². The first kappa shape index (κ1) is 17.3. The number of hydrogen-bond donors (Lipinski definition) is 1. The highest BCUT2D eigenvalue weighted by molar-refractivity contribution is 6.29. The molecule has 1 aliphatic carbocycles. The molecule has 2 heterocycles. The Kier molecular flexibility index (Phi) is 5.11. The standard InChI is InChI=1S/C21H24ClN3O/c22-19-11-10-18(21(26)23-17-8-2-1-3-9-17)20(24-19)25-13-12-15-6-4-5-7-16(15)14-25/h4-7,10-11,17H,1-3,8-9,12-14H2,(H,23,26). The van der Waals surface area contributed by atoms with Crippen LogP contribution < -0.4 is 10.2 Å². The predicted octanol–water partition coefficient (Wildman–Crippen LogP) is 4.36. The predicted molar refractivity (Wildman–Crippen MR) is 105 cm³/mol. The van der Waals surface area contributed by atoms with Gasteiger partial charge in [-0.2, -0.15) is 0 Å². The zero-order valence-electron chi connectivity index (χ0n) is 14.9. The molecule has 2 aliphatic rings. The Morgan fingerprint density at radius 2 is 1.85 bits per heavy atom. The van der Waals surface area contributed by atoms with E-state index in [0.29, 0.717) is 16.5 Å². The number of carbonyl (C=O) groups excluding carboxylic acids is 1.